The molecule has 0 aromatic heterocycles. The number of unbranched alkanes of at least 4 members (excludes halogenated alkanes) is 30. The maximum absolute atomic E-state index is 12.9. The van der Waals surface area contributed by atoms with Crippen LogP contribution in [0.1, 0.15) is 316 Å². The third-order valence-electron chi connectivity index (χ3n) is 14.5. The first-order valence-electron chi connectivity index (χ1n) is 34.0. The van der Waals surface area contributed by atoms with Crippen LogP contribution in [0.3, 0.4) is 0 Å². The van der Waals surface area contributed by atoms with E-state index in [4.69, 9.17) is 14.2 Å². The lowest BCUT2D eigenvalue weighted by molar-refractivity contribution is -0.167. The van der Waals surface area contributed by atoms with Crippen LogP contribution in [0.5, 0.6) is 0 Å². The molecule has 1 unspecified atom stereocenters. The Bertz CT molecular complexity index is 1670. The van der Waals surface area contributed by atoms with Gasteiger partial charge >= 0.3 is 17.9 Å². The number of hydrogen-bond acceptors (Lipinski definition) is 6. The standard InChI is InChI=1S/C75H126O6/c1-4-7-10-13-16-19-22-24-26-28-30-32-33-34-35-36-37-38-39-40-41-42-43-44-46-47-49-51-53-56-59-62-65-68-74(77)80-71-72(70-79-73(76)67-64-61-58-55-21-18-15-12-9-6-3)81-75(78)69-66-63-60-57-54-52-50-48-45-31-29-27-25-23-20-17-14-11-8-5-2/h7,10,16,19,24,26,30,32,34-35,37-38,40-41,43-44,47,49,53,56,72H,4-6,8-9,11-15,17-18,20-23,25,27-29,31,33,36,39,42,45-46,48,50-52,54-55,57-71H2,1-3H3/b10-7-,19-16-,26-24-,32-30-,35-34-,38-37-,41-40-,44-43-,49-47-,56-53-. The fraction of sp³-hybridized carbons (Fsp3) is 0.693. The number of hydrogen-bond donors (Lipinski definition) is 0. The Hall–Kier alpha value is -4.19. The lowest BCUT2D eigenvalue weighted by atomic mass is 10.0. The van der Waals surface area contributed by atoms with E-state index < -0.39 is 6.10 Å². The first-order chi connectivity index (χ1) is 40.0. The molecule has 0 spiro atoms. The summed E-state index contributed by atoms with van der Waals surface area (Å²) in [6.45, 7) is 6.51. The normalized spacial score (nSPS) is 12.9. The van der Waals surface area contributed by atoms with Gasteiger partial charge in [0.2, 0.25) is 0 Å². The van der Waals surface area contributed by atoms with Gasteiger partial charge in [0.05, 0.1) is 0 Å². The second-order valence-electron chi connectivity index (χ2n) is 22.4. The highest BCUT2D eigenvalue weighted by Gasteiger charge is 2.19. The summed E-state index contributed by atoms with van der Waals surface area (Å²) in [5.74, 6) is -0.926. The van der Waals surface area contributed by atoms with Gasteiger partial charge in [0.25, 0.3) is 0 Å². The van der Waals surface area contributed by atoms with Gasteiger partial charge in [-0.3, -0.25) is 14.4 Å². The van der Waals surface area contributed by atoms with Crippen LogP contribution >= 0.6 is 0 Å². The van der Waals surface area contributed by atoms with E-state index in [0.29, 0.717) is 19.3 Å². The molecular formula is C75H126O6. The summed E-state index contributed by atoms with van der Waals surface area (Å²) in [4.78, 5) is 38.3. The second-order valence-corrected chi connectivity index (χ2v) is 22.4. The first kappa shape index (κ1) is 76.8. The van der Waals surface area contributed by atoms with E-state index in [1.807, 2.05) is 0 Å². The Morgan fingerprint density at radius 2 is 0.481 bits per heavy atom. The summed E-state index contributed by atoms with van der Waals surface area (Å²) in [5, 5.41) is 0. The average molecular weight is 1120 g/mol. The molecule has 0 aromatic rings. The smallest absolute Gasteiger partial charge is 0.306 e. The first-order valence-corrected chi connectivity index (χ1v) is 34.0. The summed E-state index contributed by atoms with van der Waals surface area (Å²) in [6.07, 6.45) is 95.1. The summed E-state index contributed by atoms with van der Waals surface area (Å²) in [5.41, 5.74) is 0. The summed E-state index contributed by atoms with van der Waals surface area (Å²) < 4.78 is 16.9. The number of ether oxygens (including phenoxy) is 3. The van der Waals surface area contributed by atoms with E-state index in [1.54, 1.807) is 0 Å². The van der Waals surface area contributed by atoms with Crippen LogP contribution in [-0.2, 0) is 28.6 Å². The van der Waals surface area contributed by atoms with Crippen LogP contribution in [0.2, 0.25) is 0 Å². The highest BCUT2D eigenvalue weighted by atomic mass is 16.6. The molecule has 0 fully saturated rings. The minimum Gasteiger partial charge on any atom is -0.462 e. The summed E-state index contributed by atoms with van der Waals surface area (Å²) in [7, 11) is 0. The topological polar surface area (TPSA) is 78.9 Å². The molecule has 0 heterocycles. The quantitative estimate of drug-likeness (QED) is 0.0261. The third kappa shape index (κ3) is 66.5. The molecule has 6 heteroatoms. The third-order valence-corrected chi connectivity index (χ3v) is 14.5. The average Bonchev–Trinajstić information content (AvgIpc) is 3.47. The van der Waals surface area contributed by atoms with Crippen molar-refractivity contribution in [1.29, 1.82) is 0 Å². The minimum atomic E-state index is -0.795. The molecule has 0 bridgehead atoms. The number of allylic oxidation sites excluding steroid dienone is 20. The van der Waals surface area contributed by atoms with E-state index in [-0.39, 0.29) is 31.1 Å². The van der Waals surface area contributed by atoms with Gasteiger partial charge in [0.15, 0.2) is 6.10 Å². The molecule has 6 nitrogen and oxygen atoms in total. The van der Waals surface area contributed by atoms with Gasteiger partial charge in [-0.05, 0) is 96.3 Å². The van der Waals surface area contributed by atoms with Gasteiger partial charge in [0.1, 0.15) is 13.2 Å². The maximum Gasteiger partial charge on any atom is 0.306 e. The van der Waals surface area contributed by atoms with Gasteiger partial charge in [-0.25, -0.2) is 0 Å². The van der Waals surface area contributed by atoms with Crippen molar-refractivity contribution in [2.24, 2.45) is 0 Å². The summed E-state index contributed by atoms with van der Waals surface area (Å²) >= 11 is 0. The van der Waals surface area contributed by atoms with E-state index in [2.05, 4.69) is 142 Å². The fourth-order valence-corrected chi connectivity index (χ4v) is 9.41. The molecule has 0 rings (SSSR count). The van der Waals surface area contributed by atoms with E-state index in [9.17, 15) is 14.4 Å². The molecular weight excluding hydrogens is 997 g/mol. The molecule has 0 aliphatic carbocycles. The van der Waals surface area contributed by atoms with Crippen LogP contribution in [0.4, 0.5) is 0 Å². The van der Waals surface area contributed by atoms with Crippen molar-refractivity contribution in [3.8, 4) is 0 Å². The minimum absolute atomic E-state index is 0.0892. The van der Waals surface area contributed by atoms with E-state index in [0.717, 1.165) is 122 Å². The van der Waals surface area contributed by atoms with Crippen LogP contribution in [0.25, 0.3) is 0 Å². The molecule has 81 heavy (non-hydrogen) atoms. The van der Waals surface area contributed by atoms with Crippen molar-refractivity contribution in [3.63, 3.8) is 0 Å². The van der Waals surface area contributed by atoms with Gasteiger partial charge in [0, 0.05) is 19.3 Å². The molecule has 0 N–H and O–H groups in total. The van der Waals surface area contributed by atoms with Crippen molar-refractivity contribution in [1.82, 2.24) is 0 Å². The fourth-order valence-electron chi connectivity index (χ4n) is 9.41. The monoisotopic (exact) mass is 1120 g/mol. The van der Waals surface area contributed by atoms with Crippen LogP contribution in [0, 0.1) is 0 Å². The van der Waals surface area contributed by atoms with Gasteiger partial charge in [-0.15, -0.1) is 0 Å². The van der Waals surface area contributed by atoms with Gasteiger partial charge in [-0.2, -0.15) is 0 Å². The zero-order valence-electron chi connectivity index (χ0n) is 53.0. The van der Waals surface area contributed by atoms with Crippen molar-refractivity contribution in [3.05, 3.63) is 122 Å². The summed E-state index contributed by atoms with van der Waals surface area (Å²) in [6, 6.07) is 0. The Balaban J connectivity index is 4.31. The van der Waals surface area contributed by atoms with E-state index >= 15 is 0 Å². The number of esters is 3. The van der Waals surface area contributed by atoms with Gasteiger partial charge < -0.3 is 14.2 Å². The van der Waals surface area contributed by atoms with Crippen molar-refractivity contribution < 1.29 is 28.6 Å². The molecule has 0 aromatic carbocycles. The van der Waals surface area contributed by atoms with Crippen molar-refractivity contribution >= 4 is 17.9 Å². The largest absolute Gasteiger partial charge is 0.462 e. The molecule has 0 aliphatic heterocycles. The number of carbonyl (C=O) groups excluding carboxylic acids is 3. The number of rotatable bonds is 61. The zero-order chi connectivity index (χ0) is 58.5. The lowest BCUT2D eigenvalue weighted by Gasteiger charge is -2.18. The SMILES string of the molecule is CC/C=C\C/C=C\C/C=C\C/C=C\C/C=C\C/C=C\C/C=C\C/C=C\C/C=C\C/C=C\CCCCC(=O)OCC(COC(=O)CCCCCCCCCCCC)OC(=O)CCCCCCCCCCCCCCCCCCCCCC. The highest BCUT2D eigenvalue weighted by Crippen LogP contribution is 2.17. The lowest BCUT2D eigenvalue weighted by Crippen LogP contribution is -2.30. The molecule has 0 aliphatic rings. The van der Waals surface area contributed by atoms with Crippen molar-refractivity contribution in [2.75, 3.05) is 13.2 Å². The Labute approximate surface area is 501 Å². The second kappa shape index (κ2) is 68.3. The number of carbonyl (C=O) groups is 3. The molecule has 1 atom stereocenters. The van der Waals surface area contributed by atoms with E-state index in [1.165, 1.54) is 154 Å². The Morgan fingerprint density at radius 3 is 0.753 bits per heavy atom. The predicted octanol–water partition coefficient (Wildman–Crippen LogP) is 23.6. The van der Waals surface area contributed by atoms with Crippen molar-refractivity contribution in [2.45, 2.75) is 322 Å². The van der Waals surface area contributed by atoms with Crippen LogP contribution in [0.15, 0.2) is 122 Å². The van der Waals surface area contributed by atoms with Crippen LogP contribution in [-0.4, -0.2) is 37.2 Å². The molecule has 0 saturated heterocycles. The highest BCUT2D eigenvalue weighted by molar-refractivity contribution is 5.71. The van der Waals surface area contributed by atoms with Crippen LogP contribution < -0.4 is 0 Å². The zero-order valence-corrected chi connectivity index (χ0v) is 53.0. The molecule has 0 saturated carbocycles. The molecule has 0 radical (unpaired) electrons. The predicted molar refractivity (Wildman–Crippen MR) is 353 cm³/mol. The molecule has 462 valence electrons. The Kier molecular flexibility index (Phi) is 64.8. The molecule has 0 amide bonds. The van der Waals surface area contributed by atoms with Gasteiger partial charge in [-0.1, -0.05) is 322 Å². The maximum atomic E-state index is 12.9. The Morgan fingerprint density at radius 1 is 0.259 bits per heavy atom.